The second kappa shape index (κ2) is 4.59. The summed E-state index contributed by atoms with van der Waals surface area (Å²) in [6, 6.07) is 3.75. The molecule has 0 N–H and O–H groups in total. The van der Waals surface area contributed by atoms with Crippen molar-refractivity contribution in [2.75, 3.05) is 13.2 Å². The largest absolute Gasteiger partial charge is 0.378 e. The minimum absolute atomic E-state index is 0.0425. The molecule has 0 aliphatic carbocycles. The SMILES string of the molecule is CCc1ccc(S(=O)(=O)N2C3CCC2COC3)s1. The molecule has 2 fully saturated rings. The number of aryl methyl sites for hydroxylation is 1. The molecule has 0 amide bonds. The number of sulfonamides is 1. The molecule has 2 saturated heterocycles. The molecule has 1 aromatic rings. The lowest BCUT2D eigenvalue weighted by molar-refractivity contribution is 0.0270. The molecule has 0 saturated carbocycles. The van der Waals surface area contributed by atoms with E-state index in [0.29, 0.717) is 17.4 Å². The Morgan fingerprint density at radius 1 is 1.33 bits per heavy atom. The summed E-state index contributed by atoms with van der Waals surface area (Å²) in [4.78, 5) is 1.12. The maximum Gasteiger partial charge on any atom is 0.253 e. The van der Waals surface area contributed by atoms with Gasteiger partial charge < -0.3 is 4.74 Å². The van der Waals surface area contributed by atoms with Crippen molar-refractivity contribution < 1.29 is 13.2 Å². The third kappa shape index (κ3) is 1.91. The van der Waals surface area contributed by atoms with E-state index in [1.165, 1.54) is 11.3 Å². The average molecular weight is 287 g/mol. The van der Waals surface area contributed by atoms with Crippen LogP contribution in [0.15, 0.2) is 16.3 Å². The molecule has 1 aromatic heterocycles. The molecule has 0 spiro atoms. The lowest BCUT2D eigenvalue weighted by Crippen LogP contribution is -2.48. The predicted octanol–water partition coefficient (Wildman–Crippen LogP) is 1.86. The highest BCUT2D eigenvalue weighted by molar-refractivity contribution is 7.91. The van der Waals surface area contributed by atoms with Gasteiger partial charge in [0.15, 0.2) is 0 Å². The van der Waals surface area contributed by atoms with Crippen LogP contribution < -0.4 is 0 Å². The van der Waals surface area contributed by atoms with E-state index in [1.807, 2.05) is 13.0 Å². The summed E-state index contributed by atoms with van der Waals surface area (Å²) in [5, 5.41) is 0. The van der Waals surface area contributed by atoms with Gasteiger partial charge in [-0.2, -0.15) is 4.31 Å². The minimum Gasteiger partial charge on any atom is -0.378 e. The molecule has 2 atom stereocenters. The van der Waals surface area contributed by atoms with Crippen LogP contribution in [0.3, 0.4) is 0 Å². The molecule has 2 aliphatic rings. The summed E-state index contributed by atoms with van der Waals surface area (Å²) in [6.45, 7) is 3.13. The van der Waals surface area contributed by atoms with Crippen molar-refractivity contribution in [1.82, 2.24) is 4.31 Å². The van der Waals surface area contributed by atoms with E-state index in [4.69, 9.17) is 4.74 Å². The van der Waals surface area contributed by atoms with Crippen LogP contribution in [-0.4, -0.2) is 38.0 Å². The number of hydrogen-bond donors (Lipinski definition) is 0. The number of thiophene rings is 1. The van der Waals surface area contributed by atoms with E-state index < -0.39 is 10.0 Å². The first-order chi connectivity index (χ1) is 8.63. The van der Waals surface area contributed by atoms with E-state index >= 15 is 0 Å². The van der Waals surface area contributed by atoms with Crippen LogP contribution in [0.4, 0.5) is 0 Å². The average Bonchev–Trinajstić information content (AvgIpc) is 2.93. The second-order valence-corrected chi connectivity index (χ2v) is 8.07. The van der Waals surface area contributed by atoms with Gasteiger partial charge in [0.1, 0.15) is 4.21 Å². The molecule has 18 heavy (non-hydrogen) atoms. The molecule has 0 radical (unpaired) electrons. The third-order valence-corrected chi connectivity index (χ3v) is 7.39. The van der Waals surface area contributed by atoms with Gasteiger partial charge in [0.05, 0.1) is 13.2 Å². The van der Waals surface area contributed by atoms with E-state index in [0.717, 1.165) is 24.1 Å². The van der Waals surface area contributed by atoms with Crippen LogP contribution in [0, 0.1) is 0 Å². The lowest BCUT2D eigenvalue weighted by atomic mass is 10.2. The molecular formula is C12H17NO3S2. The molecule has 4 nitrogen and oxygen atoms in total. The van der Waals surface area contributed by atoms with Crippen molar-refractivity contribution in [2.45, 2.75) is 42.5 Å². The number of rotatable bonds is 3. The van der Waals surface area contributed by atoms with Gasteiger partial charge in [0, 0.05) is 17.0 Å². The normalized spacial score (nSPS) is 28.7. The topological polar surface area (TPSA) is 46.6 Å². The van der Waals surface area contributed by atoms with E-state index in [9.17, 15) is 8.42 Å². The number of morpholine rings is 1. The van der Waals surface area contributed by atoms with Crippen LogP contribution >= 0.6 is 11.3 Å². The molecule has 2 aliphatic heterocycles. The summed E-state index contributed by atoms with van der Waals surface area (Å²) in [6.07, 6.45) is 2.74. The Kier molecular flexibility index (Phi) is 3.21. The summed E-state index contributed by atoms with van der Waals surface area (Å²) in [5.74, 6) is 0. The molecule has 2 unspecified atom stereocenters. The maximum atomic E-state index is 12.7. The number of fused-ring (bicyclic) bond motifs is 2. The predicted molar refractivity (Wildman–Crippen MR) is 70.4 cm³/mol. The summed E-state index contributed by atoms with van der Waals surface area (Å²) < 4.78 is 32.9. The summed E-state index contributed by atoms with van der Waals surface area (Å²) in [5.41, 5.74) is 0. The Morgan fingerprint density at radius 3 is 2.56 bits per heavy atom. The van der Waals surface area contributed by atoms with Crippen molar-refractivity contribution >= 4 is 21.4 Å². The zero-order valence-corrected chi connectivity index (χ0v) is 12.0. The van der Waals surface area contributed by atoms with Gasteiger partial charge in [0.25, 0.3) is 10.0 Å². The highest BCUT2D eigenvalue weighted by atomic mass is 32.2. The molecular weight excluding hydrogens is 270 g/mol. The van der Waals surface area contributed by atoms with Crippen molar-refractivity contribution in [2.24, 2.45) is 0 Å². The van der Waals surface area contributed by atoms with E-state index in [-0.39, 0.29) is 12.1 Å². The van der Waals surface area contributed by atoms with Crippen molar-refractivity contribution in [3.63, 3.8) is 0 Å². The van der Waals surface area contributed by atoms with Crippen LogP contribution in [-0.2, 0) is 21.2 Å². The zero-order chi connectivity index (χ0) is 12.8. The number of hydrogen-bond acceptors (Lipinski definition) is 4. The molecule has 3 rings (SSSR count). The summed E-state index contributed by atoms with van der Waals surface area (Å²) >= 11 is 1.39. The molecule has 100 valence electrons. The van der Waals surface area contributed by atoms with Gasteiger partial charge in [-0.15, -0.1) is 11.3 Å². The smallest absolute Gasteiger partial charge is 0.253 e. The molecule has 0 aromatic carbocycles. The Bertz CT molecular complexity index is 521. The van der Waals surface area contributed by atoms with Crippen LogP contribution in [0.2, 0.25) is 0 Å². The zero-order valence-electron chi connectivity index (χ0n) is 10.3. The Balaban J connectivity index is 1.95. The second-order valence-electron chi connectivity index (χ2n) is 4.83. The summed E-state index contributed by atoms with van der Waals surface area (Å²) in [7, 11) is -3.32. The number of ether oxygens (including phenoxy) is 1. The first-order valence-corrected chi connectivity index (χ1v) is 8.58. The highest BCUT2D eigenvalue weighted by Gasteiger charge is 2.45. The quantitative estimate of drug-likeness (QED) is 0.852. The van der Waals surface area contributed by atoms with E-state index in [2.05, 4.69) is 0 Å². The molecule has 2 bridgehead atoms. The fourth-order valence-corrected chi connectivity index (χ4v) is 6.02. The van der Waals surface area contributed by atoms with Gasteiger partial charge in [-0.1, -0.05) is 6.92 Å². The highest BCUT2D eigenvalue weighted by Crippen LogP contribution is 2.36. The standard InChI is InChI=1S/C12H17NO3S2/c1-2-11-5-6-12(17-11)18(14,15)13-9-3-4-10(13)8-16-7-9/h5-6,9-10H,2-4,7-8H2,1H3. The minimum atomic E-state index is -3.32. The van der Waals surface area contributed by atoms with Crippen LogP contribution in [0.5, 0.6) is 0 Å². The fourth-order valence-electron chi connectivity index (χ4n) is 2.77. The third-order valence-electron chi connectivity index (χ3n) is 3.69. The lowest BCUT2D eigenvalue weighted by Gasteiger charge is -2.32. The van der Waals surface area contributed by atoms with Crippen LogP contribution in [0.1, 0.15) is 24.6 Å². The first-order valence-electron chi connectivity index (χ1n) is 6.33. The van der Waals surface area contributed by atoms with Crippen molar-refractivity contribution in [3.05, 3.63) is 17.0 Å². The first kappa shape index (κ1) is 12.6. The van der Waals surface area contributed by atoms with Gasteiger partial charge in [0.2, 0.25) is 0 Å². The Morgan fingerprint density at radius 2 is 2.00 bits per heavy atom. The van der Waals surface area contributed by atoms with Crippen molar-refractivity contribution in [3.8, 4) is 0 Å². The fraction of sp³-hybridized carbons (Fsp3) is 0.667. The Labute approximate surface area is 112 Å². The molecule has 3 heterocycles. The van der Waals surface area contributed by atoms with Crippen molar-refractivity contribution in [1.29, 1.82) is 0 Å². The van der Waals surface area contributed by atoms with Gasteiger partial charge >= 0.3 is 0 Å². The Hall–Kier alpha value is -0.430. The number of nitrogens with zero attached hydrogens (tertiary/aromatic N) is 1. The monoisotopic (exact) mass is 287 g/mol. The van der Waals surface area contributed by atoms with Gasteiger partial charge in [-0.3, -0.25) is 0 Å². The molecule has 6 heteroatoms. The van der Waals surface area contributed by atoms with Crippen LogP contribution in [0.25, 0.3) is 0 Å². The van der Waals surface area contributed by atoms with E-state index in [1.54, 1.807) is 10.4 Å². The maximum absolute atomic E-state index is 12.7. The van der Waals surface area contributed by atoms with Gasteiger partial charge in [-0.25, -0.2) is 8.42 Å². The van der Waals surface area contributed by atoms with Gasteiger partial charge in [-0.05, 0) is 31.4 Å².